The van der Waals surface area contributed by atoms with E-state index in [1.165, 1.54) is 42.2 Å². The molecule has 0 aliphatic rings. The Balaban J connectivity index is 1.60. The summed E-state index contributed by atoms with van der Waals surface area (Å²) in [4.78, 5) is 12.1. The van der Waals surface area contributed by atoms with Crippen molar-refractivity contribution >= 4 is 73.3 Å². The number of aromatic amines is 1. The van der Waals surface area contributed by atoms with Crippen LogP contribution in [0.3, 0.4) is 0 Å². The van der Waals surface area contributed by atoms with Gasteiger partial charge >= 0.3 is 0 Å². The first-order valence-electron chi connectivity index (χ1n) is 8.49. The summed E-state index contributed by atoms with van der Waals surface area (Å²) in [6, 6.07) is 11.6. The Kier molecular flexibility index (Phi) is 5.87. The smallest absolute Gasteiger partial charge is 0.263 e. The van der Waals surface area contributed by atoms with Gasteiger partial charge in [-0.15, -0.1) is 0 Å². The molecule has 2 N–H and O–H groups in total. The van der Waals surface area contributed by atoms with Gasteiger partial charge in [-0.3, -0.25) is 4.72 Å². The van der Waals surface area contributed by atoms with Crippen LogP contribution in [-0.4, -0.2) is 23.4 Å². The van der Waals surface area contributed by atoms with Crippen molar-refractivity contribution in [3.05, 3.63) is 69.4 Å². The summed E-state index contributed by atoms with van der Waals surface area (Å²) >= 11 is 19.8. The molecule has 4 aromatic rings. The van der Waals surface area contributed by atoms with Gasteiger partial charge in [-0.2, -0.15) is 0 Å². The Labute approximate surface area is 192 Å². The first-order valence-corrected chi connectivity index (χ1v) is 11.9. The molecule has 0 aliphatic heterocycles. The fourth-order valence-corrected chi connectivity index (χ4v) is 5.32. The fraction of sp³-hybridized carbons (Fsp3) is 0.0526. The standard InChI is InChI=1S/C19H13Cl3N4O2S2/c1-10-2-4-15-16(6-10)25-19(24-15)29-18-13(20)7-11(8-14(18)21)26-30(27,28)12-3-5-17(22)23-9-12/h2-9,26H,1H3,(H,24,25). The van der Waals surface area contributed by atoms with E-state index in [2.05, 4.69) is 19.7 Å². The maximum atomic E-state index is 12.5. The molecule has 0 saturated heterocycles. The Morgan fingerprint density at radius 1 is 1.03 bits per heavy atom. The van der Waals surface area contributed by atoms with Crippen molar-refractivity contribution in [3.8, 4) is 0 Å². The van der Waals surface area contributed by atoms with Crippen molar-refractivity contribution in [2.24, 2.45) is 0 Å². The highest BCUT2D eigenvalue weighted by Crippen LogP contribution is 2.40. The van der Waals surface area contributed by atoms with Gasteiger partial charge in [0, 0.05) is 6.20 Å². The highest BCUT2D eigenvalue weighted by atomic mass is 35.5. The molecule has 4 rings (SSSR count). The molecular weight excluding hydrogens is 487 g/mol. The summed E-state index contributed by atoms with van der Waals surface area (Å²) in [5.41, 5.74) is 3.08. The number of benzene rings is 2. The molecule has 2 aromatic carbocycles. The van der Waals surface area contributed by atoms with Crippen molar-refractivity contribution in [2.45, 2.75) is 21.9 Å². The third-order valence-corrected chi connectivity index (χ3v) is 7.52. The third kappa shape index (κ3) is 4.53. The van der Waals surface area contributed by atoms with Crippen LogP contribution in [0.25, 0.3) is 11.0 Å². The van der Waals surface area contributed by atoms with Crippen LogP contribution in [0, 0.1) is 6.92 Å². The van der Waals surface area contributed by atoms with E-state index in [1.807, 2.05) is 25.1 Å². The summed E-state index contributed by atoms with van der Waals surface area (Å²) < 4.78 is 27.5. The number of nitrogens with one attached hydrogen (secondary N) is 2. The van der Waals surface area contributed by atoms with Crippen molar-refractivity contribution in [1.82, 2.24) is 15.0 Å². The Morgan fingerprint density at radius 2 is 1.77 bits per heavy atom. The normalized spacial score (nSPS) is 11.7. The SMILES string of the molecule is Cc1ccc2nc(Sc3c(Cl)cc(NS(=O)(=O)c4ccc(Cl)nc4)cc3Cl)[nH]c2c1. The number of aryl methyl sites for hydroxylation is 1. The number of rotatable bonds is 5. The summed E-state index contributed by atoms with van der Waals surface area (Å²) in [5.74, 6) is 0. The molecule has 2 heterocycles. The van der Waals surface area contributed by atoms with Crippen LogP contribution in [0.1, 0.15) is 5.56 Å². The molecular formula is C19H13Cl3N4O2S2. The molecule has 0 aliphatic carbocycles. The number of pyridine rings is 1. The molecule has 0 radical (unpaired) electrons. The van der Waals surface area contributed by atoms with Gasteiger partial charge in [0.15, 0.2) is 5.16 Å². The largest absolute Gasteiger partial charge is 0.333 e. The van der Waals surface area contributed by atoms with Crippen LogP contribution in [0.4, 0.5) is 5.69 Å². The number of anilines is 1. The van der Waals surface area contributed by atoms with E-state index in [0.717, 1.165) is 16.6 Å². The highest BCUT2D eigenvalue weighted by molar-refractivity contribution is 7.99. The van der Waals surface area contributed by atoms with Crippen molar-refractivity contribution in [2.75, 3.05) is 4.72 Å². The number of aromatic nitrogens is 3. The minimum absolute atomic E-state index is 0.0323. The van der Waals surface area contributed by atoms with Crippen LogP contribution in [0.5, 0.6) is 0 Å². The van der Waals surface area contributed by atoms with E-state index in [-0.39, 0.29) is 25.8 Å². The van der Waals surface area contributed by atoms with Crippen LogP contribution in [-0.2, 0) is 10.0 Å². The summed E-state index contributed by atoms with van der Waals surface area (Å²) in [6.07, 6.45) is 1.17. The molecule has 0 fully saturated rings. The number of halogens is 3. The number of hydrogen-bond donors (Lipinski definition) is 2. The second-order valence-corrected chi connectivity index (χ2v) is 10.2. The lowest BCUT2D eigenvalue weighted by Gasteiger charge is -2.11. The van der Waals surface area contributed by atoms with Crippen LogP contribution >= 0.6 is 46.6 Å². The Morgan fingerprint density at radius 3 is 2.43 bits per heavy atom. The van der Waals surface area contributed by atoms with E-state index in [0.29, 0.717) is 10.1 Å². The first-order chi connectivity index (χ1) is 14.2. The molecule has 0 spiro atoms. The quantitative estimate of drug-likeness (QED) is 0.320. The van der Waals surface area contributed by atoms with Gasteiger partial charge in [0.2, 0.25) is 0 Å². The van der Waals surface area contributed by atoms with Crippen LogP contribution in [0.2, 0.25) is 15.2 Å². The number of fused-ring (bicyclic) bond motifs is 1. The van der Waals surface area contributed by atoms with Gasteiger partial charge in [-0.25, -0.2) is 18.4 Å². The second-order valence-electron chi connectivity index (χ2n) is 6.36. The van der Waals surface area contributed by atoms with Gasteiger partial charge < -0.3 is 4.98 Å². The maximum absolute atomic E-state index is 12.5. The van der Waals surface area contributed by atoms with E-state index in [1.54, 1.807) is 0 Å². The zero-order chi connectivity index (χ0) is 21.5. The molecule has 6 nitrogen and oxygen atoms in total. The average Bonchev–Trinajstić information content (AvgIpc) is 3.06. The molecule has 0 atom stereocenters. The fourth-order valence-electron chi connectivity index (χ4n) is 2.70. The Bertz CT molecular complexity index is 1330. The molecule has 11 heteroatoms. The Hall–Kier alpha value is -1.97. The predicted octanol–water partition coefficient (Wildman–Crippen LogP) is 6.18. The van der Waals surface area contributed by atoms with E-state index in [4.69, 9.17) is 34.8 Å². The third-order valence-electron chi connectivity index (χ3n) is 4.08. The summed E-state index contributed by atoms with van der Waals surface area (Å²) in [7, 11) is -3.87. The number of nitrogens with zero attached hydrogens (tertiary/aromatic N) is 2. The van der Waals surface area contributed by atoms with Crippen LogP contribution in [0.15, 0.2) is 63.6 Å². The number of H-pyrrole nitrogens is 1. The zero-order valence-corrected chi connectivity index (χ0v) is 19.2. The monoisotopic (exact) mass is 498 g/mol. The van der Waals surface area contributed by atoms with Gasteiger partial charge in [0.05, 0.1) is 31.7 Å². The topological polar surface area (TPSA) is 87.7 Å². The van der Waals surface area contributed by atoms with Gasteiger partial charge in [0.25, 0.3) is 10.0 Å². The lowest BCUT2D eigenvalue weighted by atomic mass is 10.2. The zero-order valence-electron chi connectivity index (χ0n) is 15.3. The van der Waals surface area contributed by atoms with Crippen molar-refractivity contribution in [3.63, 3.8) is 0 Å². The number of imidazole rings is 1. The van der Waals surface area contributed by atoms with Crippen molar-refractivity contribution in [1.29, 1.82) is 0 Å². The first kappa shape index (κ1) is 21.3. The van der Waals surface area contributed by atoms with Crippen molar-refractivity contribution < 1.29 is 8.42 Å². The molecule has 0 amide bonds. The lowest BCUT2D eigenvalue weighted by molar-refractivity contribution is 0.601. The minimum atomic E-state index is -3.87. The molecule has 154 valence electrons. The molecule has 30 heavy (non-hydrogen) atoms. The lowest BCUT2D eigenvalue weighted by Crippen LogP contribution is -2.13. The maximum Gasteiger partial charge on any atom is 0.263 e. The van der Waals surface area contributed by atoms with Gasteiger partial charge in [-0.05, 0) is 60.6 Å². The molecule has 0 unspecified atom stereocenters. The second kappa shape index (κ2) is 8.28. The van der Waals surface area contributed by atoms with E-state index < -0.39 is 10.0 Å². The average molecular weight is 500 g/mol. The van der Waals surface area contributed by atoms with Gasteiger partial charge in [0.1, 0.15) is 10.0 Å². The van der Waals surface area contributed by atoms with E-state index >= 15 is 0 Å². The van der Waals surface area contributed by atoms with Crippen LogP contribution < -0.4 is 4.72 Å². The number of hydrogen-bond acceptors (Lipinski definition) is 5. The number of sulfonamides is 1. The molecule has 0 bridgehead atoms. The molecule has 0 saturated carbocycles. The summed E-state index contributed by atoms with van der Waals surface area (Å²) in [6.45, 7) is 2.00. The van der Waals surface area contributed by atoms with Gasteiger partial charge in [-0.1, -0.05) is 40.9 Å². The minimum Gasteiger partial charge on any atom is -0.333 e. The highest BCUT2D eigenvalue weighted by Gasteiger charge is 2.18. The summed E-state index contributed by atoms with van der Waals surface area (Å²) in [5, 5.41) is 1.40. The predicted molar refractivity (Wildman–Crippen MR) is 121 cm³/mol. The molecule has 2 aromatic heterocycles. The van der Waals surface area contributed by atoms with E-state index in [9.17, 15) is 8.42 Å².